The summed E-state index contributed by atoms with van der Waals surface area (Å²) < 4.78 is 49.4. The maximum absolute atomic E-state index is 13.3. The molecule has 2 amide bonds. The predicted octanol–water partition coefficient (Wildman–Crippen LogP) is 2.92. The summed E-state index contributed by atoms with van der Waals surface area (Å²) in [6.45, 7) is 7.51. The average molecular weight is 365 g/mol. The van der Waals surface area contributed by atoms with Gasteiger partial charge in [0, 0.05) is 5.92 Å². The third-order valence-corrected chi connectivity index (χ3v) is 4.08. The number of alkyl halides is 3. The Balaban J connectivity index is 2.98. The zero-order chi connectivity index (χ0) is 19.4. The number of rotatable bonds is 7. The molecule has 1 aliphatic heterocycles. The van der Waals surface area contributed by atoms with Crippen LogP contribution in [0.2, 0.25) is 0 Å². The number of hydrogen-bond acceptors (Lipinski definition) is 5. The minimum Gasteiger partial charge on any atom is -0.461 e. The average Bonchev–Trinajstić information content (AvgIpc) is 2.89. The van der Waals surface area contributed by atoms with E-state index >= 15 is 0 Å². The van der Waals surface area contributed by atoms with Crippen LogP contribution in [-0.4, -0.2) is 48.3 Å². The molecule has 0 saturated carbocycles. The zero-order valence-corrected chi connectivity index (χ0v) is 14.3. The van der Waals surface area contributed by atoms with Crippen LogP contribution in [0.5, 0.6) is 0 Å². The molecule has 0 N–H and O–H groups in total. The van der Waals surface area contributed by atoms with Crippen molar-refractivity contribution in [1.82, 2.24) is 4.90 Å². The third-order valence-electron chi connectivity index (χ3n) is 4.08. The van der Waals surface area contributed by atoms with Crippen molar-refractivity contribution in [2.45, 2.75) is 39.4 Å². The lowest BCUT2D eigenvalue weighted by atomic mass is 9.88. The van der Waals surface area contributed by atoms with E-state index < -0.39 is 48.4 Å². The first-order valence-corrected chi connectivity index (χ1v) is 7.83. The normalized spacial score (nSPS) is 20.2. The highest BCUT2D eigenvalue weighted by molar-refractivity contribution is 5.95. The molecule has 9 heteroatoms. The van der Waals surface area contributed by atoms with Gasteiger partial charge in [-0.25, -0.2) is 9.69 Å². The van der Waals surface area contributed by atoms with E-state index in [2.05, 4.69) is 11.3 Å². The van der Waals surface area contributed by atoms with Crippen molar-refractivity contribution in [3.8, 4) is 0 Å². The van der Waals surface area contributed by atoms with Gasteiger partial charge in [-0.15, -0.1) is 0 Å². The fourth-order valence-electron chi connectivity index (χ4n) is 2.54. The molecule has 142 valence electrons. The standard InChI is InChI=1S/C16H22F3NO5/c1-5-6-24-13(21)7-11(16(17,18)19)10(4)14(22)20-12(9(2)3)8-25-15(20)23/h5,9-12H,1,6-8H2,2-4H3/t10-,11-,12-/m1/s1. The van der Waals surface area contributed by atoms with E-state index in [1.165, 1.54) is 6.08 Å². The van der Waals surface area contributed by atoms with Crippen LogP contribution in [0.15, 0.2) is 12.7 Å². The van der Waals surface area contributed by atoms with Gasteiger partial charge in [-0.2, -0.15) is 13.2 Å². The van der Waals surface area contributed by atoms with E-state index in [0.717, 1.165) is 11.8 Å². The van der Waals surface area contributed by atoms with Crippen molar-refractivity contribution in [3.63, 3.8) is 0 Å². The third kappa shape index (κ3) is 5.20. The molecule has 1 heterocycles. The van der Waals surface area contributed by atoms with E-state index in [1.54, 1.807) is 13.8 Å². The molecule has 0 unspecified atom stereocenters. The Morgan fingerprint density at radius 1 is 1.40 bits per heavy atom. The van der Waals surface area contributed by atoms with Gasteiger partial charge in [-0.1, -0.05) is 33.4 Å². The molecule has 0 aromatic heterocycles. The number of esters is 1. The van der Waals surface area contributed by atoms with E-state index in [1.807, 2.05) is 0 Å². The lowest BCUT2D eigenvalue weighted by Gasteiger charge is -2.30. The summed E-state index contributed by atoms with van der Waals surface area (Å²) in [4.78, 5) is 36.6. The van der Waals surface area contributed by atoms with Crippen molar-refractivity contribution < 1.29 is 37.0 Å². The zero-order valence-electron chi connectivity index (χ0n) is 14.3. The van der Waals surface area contributed by atoms with E-state index in [4.69, 9.17) is 4.74 Å². The molecule has 0 aliphatic carbocycles. The molecule has 0 radical (unpaired) electrons. The minimum absolute atomic E-state index is 0.0625. The number of imide groups is 1. The summed E-state index contributed by atoms with van der Waals surface area (Å²) in [6, 6.07) is -0.635. The Morgan fingerprint density at radius 3 is 2.48 bits per heavy atom. The number of hydrogen-bond donors (Lipinski definition) is 0. The van der Waals surface area contributed by atoms with Crippen molar-refractivity contribution in [1.29, 1.82) is 0 Å². The highest BCUT2D eigenvalue weighted by Crippen LogP contribution is 2.37. The topological polar surface area (TPSA) is 72.9 Å². The van der Waals surface area contributed by atoms with E-state index in [-0.39, 0.29) is 19.1 Å². The highest BCUT2D eigenvalue weighted by atomic mass is 19.4. The molecular weight excluding hydrogens is 343 g/mol. The van der Waals surface area contributed by atoms with Crippen molar-refractivity contribution in [3.05, 3.63) is 12.7 Å². The molecule has 1 fully saturated rings. The van der Waals surface area contributed by atoms with Crippen LogP contribution in [-0.2, 0) is 19.1 Å². The molecule has 0 bridgehead atoms. The number of halogens is 3. The van der Waals surface area contributed by atoms with Gasteiger partial charge in [0.15, 0.2) is 0 Å². The highest BCUT2D eigenvalue weighted by Gasteiger charge is 2.50. The van der Waals surface area contributed by atoms with Crippen LogP contribution >= 0.6 is 0 Å². The Hall–Kier alpha value is -2.06. The number of amides is 2. The quantitative estimate of drug-likeness (QED) is 0.512. The summed E-state index contributed by atoms with van der Waals surface area (Å²) in [5.41, 5.74) is 0. The van der Waals surface area contributed by atoms with Gasteiger partial charge in [-0.3, -0.25) is 9.59 Å². The fourth-order valence-corrected chi connectivity index (χ4v) is 2.54. The lowest BCUT2D eigenvalue weighted by molar-refractivity contribution is -0.198. The first kappa shape index (κ1) is 21.0. The predicted molar refractivity (Wildman–Crippen MR) is 81.3 cm³/mol. The molecule has 0 spiro atoms. The summed E-state index contributed by atoms with van der Waals surface area (Å²) >= 11 is 0. The van der Waals surface area contributed by atoms with Crippen molar-refractivity contribution in [2.75, 3.05) is 13.2 Å². The first-order chi connectivity index (χ1) is 11.5. The molecule has 1 rings (SSSR count). The monoisotopic (exact) mass is 365 g/mol. The Kier molecular flexibility index (Phi) is 7.01. The van der Waals surface area contributed by atoms with Gasteiger partial charge in [0.2, 0.25) is 5.91 Å². The van der Waals surface area contributed by atoms with E-state index in [0.29, 0.717) is 0 Å². The number of carbonyl (C=O) groups is 3. The van der Waals surface area contributed by atoms with Crippen LogP contribution in [0.3, 0.4) is 0 Å². The molecule has 0 aromatic rings. The van der Waals surface area contributed by atoms with Crippen molar-refractivity contribution >= 4 is 18.0 Å². The number of nitrogens with zero attached hydrogens (tertiary/aromatic N) is 1. The Morgan fingerprint density at radius 2 is 2.00 bits per heavy atom. The minimum atomic E-state index is -4.81. The fraction of sp³-hybridized carbons (Fsp3) is 0.688. The number of cyclic esters (lactones) is 1. The smallest absolute Gasteiger partial charge is 0.416 e. The Bertz CT molecular complexity index is 532. The Labute approximate surface area is 143 Å². The van der Waals surface area contributed by atoms with Crippen LogP contribution in [0.1, 0.15) is 27.2 Å². The lowest BCUT2D eigenvalue weighted by Crippen LogP contribution is -2.48. The van der Waals surface area contributed by atoms with Gasteiger partial charge in [0.05, 0.1) is 18.4 Å². The van der Waals surface area contributed by atoms with Crippen molar-refractivity contribution in [2.24, 2.45) is 17.8 Å². The molecule has 1 saturated heterocycles. The van der Waals surface area contributed by atoms with Gasteiger partial charge in [0.1, 0.15) is 13.2 Å². The number of ether oxygens (including phenoxy) is 2. The SMILES string of the molecule is C=CCOC(=O)C[C@H]([C@@H](C)C(=O)N1C(=O)OC[C@@H]1C(C)C)C(F)(F)F. The molecule has 6 nitrogen and oxygen atoms in total. The van der Waals surface area contributed by atoms with E-state index in [9.17, 15) is 27.6 Å². The summed E-state index contributed by atoms with van der Waals surface area (Å²) in [6.07, 6.45) is -5.56. The number of carbonyl (C=O) groups excluding carboxylic acids is 3. The van der Waals surface area contributed by atoms with Gasteiger partial charge >= 0.3 is 18.2 Å². The second-order valence-electron chi connectivity index (χ2n) is 6.21. The summed E-state index contributed by atoms with van der Waals surface area (Å²) in [5.74, 6) is -6.18. The van der Waals surface area contributed by atoms with Crippen LogP contribution < -0.4 is 0 Å². The van der Waals surface area contributed by atoms with Gasteiger partial charge in [-0.05, 0) is 5.92 Å². The molecule has 0 aromatic carbocycles. The van der Waals surface area contributed by atoms with Gasteiger partial charge < -0.3 is 9.47 Å². The summed E-state index contributed by atoms with van der Waals surface area (Å²) in [7, 11) is 0. The first-order valence-electron chi connectivity index (χ1n) is 7.83. The second kappa shape index (κ2) is 8.35. The molecule has 25 heavy (non-hydrogen) atoms. The van der Waals surface area contributed by atoms with Crippen LogP contribution in [0.4, 0.5) is 18.0 Å². The maximum atomic E-state index is 13.3. The van der Waals surface area contributed by atoms with Gasteiger partial charge in [0.25, 0.3) is 0 Å². The second-order valence-corrected chi connectivity index (χ2v) is 6.21. The molecule has 1 aliphatic rings. The summed E-state index contributed by atoms with van der Waals surface area (Å²) in [5, 5.41) is 0. The van der Waals surface area contributed by atoms with Crippen LogP contribution in [0, 0.1) is 17.8 Å². The largest absolute Gasteiger partial charge is 0.461 e. The molecular formula is C16H22F3NO5. The van der Waals surface area contributed by atoms with Crippen LogP contribution in [0.25, 0.3) is 0 Å². The molecule has 3 atom stereocenters. The maximum Gasteiger partial charge on any atom is 0.416 e.